The molecule has 2 aromatic rings. The van der Waals surface area contributed by atoms with E-state index >= 15 is 0 Å². The Hall–Kier alpha value is -2.25. The second-order valence-corrected chi connectivity index (χ2v) is 8.50. The van der Waals surface area contributed by atoms with Crippen LogP contribution < -0.4 is 4.90 Å². The average Bonchev–Trinajstić information content (AvgIpc) is 2.88. The molecule has 1 atom stereocenters. The molecule has 180 valence electrons. The molecule has 1 aliphatic heterocycles. The van der Waals surface area contributed by atoms with Crippen LogP contribution in [-0.4, -0.2) is 83.0 Å². The number of anilines is 1. The van der Waals surface area contributed by atoms with Crippen molar-refractivity contribution in [2.24, 2.45) is 0 Å². The molecule has 0 aromatic heterocycles. The third-order valence-corrected chi connectivity index (χ3v) is 6.59. The summed E-state index contributed by atoms with van der Waals surface area (Å²) in [7, 11) is 3.40. The average molecular weight is 455 g/mol. The van der Waals surface area contributed by atoms with Gasteiger partial charge in [0, 0.05) is 51.6 Å². The number of hydrogen-bond donors (Lipinski definition) is 0. The topological polar surface area (TPSA) is 51.2 Å². The van der Waals surface area contributed by atoms with E-state index in [0.717, 1.165) is 43.1 Å². The summed E-state index contributed by atoms with van der Waals surface area (Å²) in [6.07, 6.45) is 1.33. The highest BCUT2D eigenvalue weighted by molar-refractivity contribution is 6.03. The molecule has 0 radical (unpaired) electrons. The van der Waals surface area contributed by atoms with Gasteiger partial charge in [-0.2, -0.15) is 0 Å². The molecule has 0 bridgehead atoms. The van der Waals surface area contributed by atoms with E-state index in [0.29, 0.717) is 39.1 Å². The van der Waals surface area contributed by atoms with Crippen LogP contribution in [-0.2, 0) is 20.6 Å². The van der Waals surface area contributed by atoms with E-state index in [9.17, 15) is 4.79 Å². The van der Waals surface area contributed by atoms with Gasteiger partial charge in [-0.15, -0.1) is 0 Å². The van der Waals surface area contributed by atoms with Gasteiger partial charge in [0.15, 0.2) is 5.78 Å². The molecular formula is C27H38N2O4. The number of hydrogen-bond acceptors (Lipinski definition) is 6. The zero-order valence-corrected chi connectivity index (χ0v) is 20.3. The number of rotatable bonds is 13. The van der Waals surface area contributed by atoms with Crippen molar-refractivity contribution in [1.29, 1.82) is 0 Å². The number of carbonyl (C=O) groups is 1. The van der Waals surface area contributed by atoms with E-state index in [1.807, 2.05) is 30.3 Å². The lowest BCUT2D eigenvalue weighted by Crippen LogP contribution is -2.57. The van der Waals surface area contributed by atoms with Crippen LogP contribution in [0, 0.1) is 0 Å². The fourth-order valence-corrected chi connectivity index (χ4v) is 4.64. The Bertz CT molecular complexity index is 829. The van der Waals surface area contributed by atoms with Crippen LogP contribution in [0.15, 0.2) is 54.6 Å². The Morgan fingerprint density at radius 1 is 0.970 bits per heavy atom. The summed E-state index contributed by atoms with van der Waals surface area (Å²) < 4.78 is 16.3. The smallest absolute Gasteiger partial charge is 0.183 e. The molecule has 6 heteroatoms. The van der Waals surface area contributed by atoms with E-state index in [1.54, 1.807) is 14.2 Å². The zero-order valence-electron chi connectivity index (χ0n) is 20.3. The van der Waals surface area contributed by atoms with Crippen molar-refractivity contribution >= 4 is 11.5 Å². The number of Topliss-reactive ketones (excluding diaryl/α,β-unsaturated/α-hetero) is 1. The second-order valence-electron chi connectivity index (χ2n) is 8.50. The van der Waals surface area contributed by atoms with Gasteiger partial charge in [-0.3, -0.25) is 9.69 Å². The first-order valence-electron chi connectivity index (χ1n) is 11.9. The summed E-state index contributed by atoms with van der Waals surface area (Å²) in [6.45, 7) is 7.79. The minimum Gasteiger partial charge on any atom is -0.383 e. The molecule has 1 unspecified atom stereocenters. The standard InChI is InChI=1S/C27H38N2O4/c1-4-27(22-23-8-6-5-7-9-23,29(16-18-31-2)17-19-32-3)26(30)24-10-12-25(13-11-24)28-14-20-33-21-15-28/h5-13H,4,14-22H2,1-3H3. The van der Waals surface area contributed by atoms with E-state index < -0.39 is 5.54 Å². The third-order valence-electron chi connectivity index (χ3n) is 6.59. The maximum atomic E-state index is 14.2. The van der Waals surface area contributed by atoms with Crippen molar-refractivity contribution in [3.05, 3.63) is 65.7 Å². The third kappa shape index (κ3) is 6.42. The molecule has 2 aromatic carbocycles. The first-order chi connectivity index (χ1) is 16.1. The molecule has 0 amide bonds. The van der Waals surface area contributed by atoms with Crippen LogP contribution in [0.3, 0.4) is 0 Å². The summed E-state index contributed by atoms with van der Waals surface area (Å²) in [5.41, 5.74) is 2.34. The number of ketones is 1. The van der Waals surface area contributed by atoms with Gasteiger partial charge in [0.05, 0.1) is 32.0 Å². The van der Waals surface area contributed by atoms with Crippen molar-refractivity contribution in [3.8, 4) is 0 Å². The summed E-state index contributed by atoms with van der Waals surface area (Å²) in [5, 5.41) is 0. The fraction of sp³-hybridized carbons (Fsp3) is 0.519. The zero-order chi connectivity index (χ0) is 23.5. The molecular weight excluding hydrogens is 416 g/mol. The Balaban J connectivity index is 1.94. The van der Waals surface area contributed by atoms with Gasteiger partial charge in [-0.25, -0.2) is 0 Å². The molecule has 0 spiro atoms. The highest BCUT2D eigenvalue weighted by atomic mass is 16.5. The first kappa shape index (κ1) is 25.4. The number of benzene rings is 2. The van der Waals surface area contributed by atoms with Gasteiger partial charge in [-0.1, -0.05) is 37.3 Å². The highest BCUT2D eigenvalue weighted by Gasteiger charge is 2.42. The van der Waals surface area contributed by atoms with Crippen molar-refractivity contribution in [1.82, 2.24) is 4.90 Å². The van der Waals surface area contributed by atoms with Crippen molar-refractivity contribution < 1.29 is 19.0 Å². The molecule has 1 aliphatic rings. The number of ether oxygens (including phenoxy) is 3. The first-order valence-corrected chi connectivity index (χ1v) is 11.9. The van der Waals surface area contributed by atoms with Crippen molar-refractivity contribution in [2.75, 3.05) is 71.7 Å². The fourth-order valence-electron chi connectivity index (χ4n) is 4.64. The quantitative estimate of drug-likeness (QED) is 0.430. The Kier molecular flexibility index (Phi) is 9.88. The molecule has 1 fully saturated rings. The van der Waals surface area contributed by atoms with E-state index in [1.165, 1.54) is 0 Å². The number of methoxy groups -OCH3 is 2. The van der Waals surface area contributed by atoms with E-state index in [-0.39, 0.29) is 5.78 Å². The van der Waals surface area contributed by atoms with Crippen molar-refractivity contribution in [2.45, 2.75) is 25.3 Å². The normalized spacial score (nSPS) is 16.1. The van der Waals surface area contributed by atoms with E-state index in [2.05, 4.69) is 41.0 Å². The van der Waals surface area contributed by atoms with Crippen LogP contribution >= 0.6 is 0 Å². The van der Waals surface area contributed by atoms with Crippen LogP contribution in [0.1, 0.15) is 29.3 Å². The van der Waals surface area contributed by atoms with Gasteiger partial charge >= 0.3 is 0 Å². The predicted molar refractivity (Wildman–Crippen MR) is 132 cm³/mol. The van der Waals surface area contributed by atoms with Crippen LogP contribution in [0.25, 0.3) is 0 Å². The predicted octanol–water partition coefficient (Wildman–Crippen LogP) is 3.69. The lowest BCUT2D eigenvalue weighted by atomic mass is 9.79. The second kappa shape index (κ2) is 12.8. The lowest BCUT2D eigenvalue weighted by Gasteiger charge is -2.43. The number of morpholine rings is 1. The number of nitrogens with zero attached hydrogens (tertiary/aromatic N) is 2. The SMILES string of the molecule is CCC(Cc1ccccc1)(C(=O)c1ccc(N2CCOCC2)cc1)N(CCOC)CCOC. The van der Waals surface area contributed by atoms with Crippen LogP contribution in [0.5, 0.6) is 0 Å². The van der Waals surface area contributed by atoms with Gasteiger partial charge < -0.3 is 19.1 Å². The molecule has 3 rings (SSSR count). The Morgan fingerprint density at radius 3 is 2.12 bits per heavy atom. The largest absolute Gasteiger partial charge is 0.383 e. The molecule has 0 N–H and O–H groups in total. The van der Waals surface area contributed by atoms with Gasteiger partial charge in [0.2, 0.25) is 0 Å². The van der Waals surface area contributed by atoms with Gasteiger partial charge in [0.1, 0.15) is 0 Å². The minimum absolute atomic E-state index is 0.148. The van der Waals surface area contributed by atoms with Gasteiger partial charge in [0.25, 0.3) is 0 Å². The van der Waals surface area contributed by atoms with Gasteiger partial charge in [-0.05, 0) is 42.7 Å². The number of carbonyl (C=O) groups excluding carboxylic acids is 1. The lowest BCUT2D eigenvalue weighted by molar-refractivity contribution is 0.0274. The summed E-state index contributed by atoms with van der Waals surface area (Å²) in [5.74, 6) is 0.148. The maximum Gasteiger partial charge on any atom is 0.183 e. The summed E-state index contributed by atoms with van der Waals surface area (Å²) >= 11 is 0. The van der Waals surface area contributed by atoms with Crippen molar-refractivity contribution in [3.63, 3.8) is 0 Å². The Morgan fingerprint density at radius 2 is 1.58 bits per heavy atom. The molecule has 33 heavy (non-hydrogen) atoms. The minimum atomic E-state index is -0.682. The summed E-state index contributed by atoms with van der Waals surface area (Å²) in [4.78, 5) is 18.8. The van der Waals surface area contributed by atoms with E-state index in [4.69, 9.17) is 14.2 Å². The molecule has 1 saturated heterocycles. The van der Waals surface area contributed by atoms with Crippen LogP contribution in [0.4, 0.5) is 5.69 Å². The molecule has 0 aliphatic carbocycles. The highest BCUT2D eigenvalue weighted by Crippen LogP contribution is 2.30. The molecule has 0 saturated carbocycles. The molecule has 1 heterocycles. The summed E-state index contributed by atoms with van der Waals surface area (Å²) in [6, 6.07) is 18.4. The Labute approximate surface area is 198 Å². The maximum absolute atomic E-state index is 14.2. The molecule has 6 nitrogen and oxygen atoms in total. The van der Waals surface area contributed by atoms with Crippen LogP contribution in [0.2, 0.25) is 0 Å². The monoisotopic (exact) mass is 454 g/mol.